The molecule has 1 atom stereocenters. The molecule has 6 heteroatoms. The second-order valence-electron chi connectivity index (χ2n) is 7.22. The van der Waals surface area contributed by atoms with E-state index in [4.69, 9.17) is 0 Å². The van der Waals surface area contributed by atoms with Crippen LogP contribution in [-0.2, 0) is 21.2 Å². The summed E-state index contributed by atoms with van der Waals surface area (Å²) in [6, 6.07) is 15.1. The summed E-state index contributed by atoms with van der Waals surface area (Å²) in [4.78, 5) is 11.6. The largest absolute Gasteiger partial charge is 0.326 e. The van der Waals surface area contributed by atoms with E-state index in [1.807, 2.05) is 25.1 Å². The molecule has 1 unspecified atom stereocenters. The highest BCUT2D eigenvalue weighted by Crippen LogP contribution is 2.28. The number of rotatable bonds is 5. The minimum Gasteiger partial charge on any atom is -0.326 e. The molecule has 1 saturated heterocycles. The molecule has 1 heterocycles. The van der Waals surface area contributed by atoms with Gasteiger partial charge in [0.25, 0.3) is 0 Å². The summed E-state index contributed by atoms with van der Waals surface area (Å²) in [7, 11) is -3.58. The lowest BCUT2D eigenvalue weighted by Crippen LogP contribution is -2.40. The van der Waals surface area contributed by atoms with Crippen LogP contribution in [-0.4, -0.2) is 31.7 Å². The summed E-state index contributed by atoms with van der Waals surface area (Å²) < 4.78 is 27.9. The van der Waals surface area contributed by atoms with Gasteiger partial charge >= 0.3 is 0 Å². The average Bonchev–Trinajstić information content (AvgIpc) is 2.64. The van der Waals surface area contributed by atoms with Crippen LogP contribution in [0.5, 0.6) is 0 Å². The van der Waals surface area contributed by atoms with Crippen molar-refractivity contribution >= 4 is 21.6 Å². The zero-order valence-corrected chi connectivity index (χ0v) is 16.6. The lowest BCUT2D eigenvalue weighted by atomic mass is 9.92. The number of aryl methyl sites for hydroxylation is 1. The summed E-state index contributed by atoms with van der Waals surface area (Å²) >= 11 is 0. The maximum absolute atomic E-state index is 13.1. The van der Waals surface area contributed by atoms with Crippen molar-refractivity contribution in [2.45, 2.75) is 38.0 Å². The van der Waals surface area contributed by atoms with Gasteiger partial charge in [0.05, 0.1) is 4.90 Å². The number of sulfonamides is 1. The van der Waals surface area contributed by atoms with Gasteiger partial charge in [0.15, 0.2) is 0 Å². The van der Waals surface area contributed by atoms with E-state index in [1.165, 1.54) is 12.5 Å². The molecule has 1 aliphatic rings. The number of piperidine rings is 1. The Labute approximate surface area is 161 Å². The Balaban J connectivity index is 1.79. The van der Waals surface area contributed by atoms with E-state index in [2.05, 4.69) is 17.4 Å². The number of benzene rings is 2. The van der Waals surface area contributed by atoms with Gasteiger partial charge in [-0.1, -0.05) is 36.4 Å². The molecule has 144 valence electrons. The van der Waals surface area contributed by atoms with Crippen LogP contribution in [0.15, 0.2) is 53.4 Å². The molecule has 0 bridgehead atoms. The number of nitrogens with one attached hydrogen (secondary N) is 1. The first kappa shape index (κ1) is 19.6. The number of carbonyl (C=O) groups is 1. The first-order valence-electron chi connectivity index (χ1n) is 9.28. The number of anilines is 1. The smallest absolute Gasteiger partial charge is 0.243 e. The predicted molar refractivity (Wildman–Crippen MR) is 107 cm³/mol. The Bertz CT molecular complexity index is 910. The Morgan fingerprint density at radius 3 is 2.63 bits per heavy atom. The standard InChI is InChI=1S/C21H26N2O3S/c1-16-10-11-20(14-21(16)22-17(2)24)27(25,26)23-12-6-9-19(15-23)13-18-7-4-3-5-8-18/h3-5,7-8,10-11,14,19H,6,9,12-13,15H2,1-2H3,(H,22,24). The molecule has 1 amide bonds. The van der Waals surface area contributed by atoms with Gasteiger partial charge in [-0.25, -0.2) is 8.42 Å². The van der Waals surface area contributed by atoms with Crippen LogP contribution < -0.4 is 5.32 Å². The lowest BCUT2D eigenvalue weighted by molar-refractivity contribution is -0.114. The molecule has 5 nitrogen and oxygen atoms in total. The Kier molecular flexibility index (Phi) is 5.97. The fraction of sp³-hybridized carbons (Fsp3) is 0.381. The molecule has 1 N–H and O–H groups in total. The molecule has 1 aliphatic heterocycles. The zero-order chi connectivity index (χ0) is 19.4. The monoisotopic (exact) mass is 386 g/mol. The van der Waals surface area contributed by atoms with Gasteiger partial charge in [-0.05, 0) is 55.4 Å². The van der Waals surface area contributed by atoms with E-state index in [1.54, 1.807) is 22.5 Å². The van der Waals surface area contributed by atoms with Crippen LogP contribution in [0.4, 0.5) is 5.69 Å². The second-order valence-corrected chi connectivity index (χ2v) is 9.16. The van der Waals surface area contributed by atoms with E-state index in [0.717, 1.165) is 24.8 Å². The topological polar surface area (TPSA) is 66.5 Å². The Morgan fingerprint density at radius 2 is 1.93 bits per heavy atom. The summed E-state index contributed by atoms with van der Waals surface area (Å²) in [5, 5.41) is 2.71. The van der Waals surface area contributed by atoms with E-state index in [9.17, 15) is 13.2 Å². The van der Waals surface area contributed by atoms with Gasteiger partial charge in [-0.15, -0.1) is 0 Å². The summed E-state index contributed by atoms with van der Waals surface area (Å²) in [6.07, 6.45) is 2.78. The van der Waals surface area contributed by atoms with E-state index in [-0.39, 0.29) is 10.8 Å². The van der Waals surface area contributed by atoms with Crippen LogP contribution in [0.25, 0.3) is 0 Å². The van der Waals surface area contributed by atoms with Crippen molar-refractivity contribution in [2.24, 2.45) is 5.92 Å². The molecule has 0 aromatic heterocycles. The maximum atomic E-state index is 13.1. The van der Waals surface area contributed by atoms with Crippen LogP contribution in [0.3, 0.4) is 0 Å². The Hall–Kier alpha value is -2.18. The van der Waals surface area contributed by atoms with Crippen molar-refractivity contribution in [3.05, 3.63) is 59.7 Å². The first-order chi connectivity index (χ1) is 12.9. The minimum atomic E-state index is -3.58. The molecular formula is C21H26N2O3S. The van der Waals surface area contributed by atoms with Crippen molar-refractivity contribution < 1.29 is 13.2 Å². The van der Waals surface area contributed by atoms with Gasteiger partial charge in [0.2, 0.25) is 15.9 Å². The number of carbonyl (C=O) groups excluding carboxylic acids is 1. The minimum absolute atomic E-state index is 0.214. The third-order valence-electron chi connectivity index (χ3n) is 5.01. The fourth-order valence-corrected chi connectivity index (χ4v) is 5.18. The first-order valence-corrected chi connectivity index (χ1v) is 10.7. The molecule has 1 fully saturated rings. The van der Waals surface area contributed by atoms with E-state index >= 15 is 0 Å². The molecule has 0 saturated carbocycles. The molecule has 2 aromatic rings. The maximum Gasteiger partial charge on any atom is 0.243 e. The average molecular weight is 387 g/mol. The number of nitrogens with zero attached hydrogens (tertiary/aromatic N) is 1. The van der Waals surface area contributed by atoms with E-state index in [0.29, 0.717) is 24.7 Å². The molecule has 2 aromatic carbocycles. The highest BCUT2D eigenvalue weighted by atomic mass is 32.2. The SMILES string of the molecule is CC(=O)Nc1cc(S(=O)(=O)N2CCCC(Cc3ccccc3)C2)ccc1C. The molecule has 0 aliphatic carbocycles. The van der Waals surface area contributed by atoms with Gasteiger partial charge in [-0.3, -0.25) is 4.79 Å². The molecule has 27 heavy (non-hydrogen) atoms. The fourth-order valence-electron chi connectivity index (χ4n) is 3.59. The van der Waals surface area contributed by atoms with Crippen molar-refractivity contribution in [1.29, 1.82) is 0 Å². The summed E-state index contributed by atoms with van der Waals surface area (Å²) in [6.45, 7) is 4.33. The van der Waals surface area contributed by atoms with Crippen molar-refractivity contribution in [2.75, 3.05) is 18.4 Å². The third-order valence-corrected chi connectivity index (χ3v) is 6.87. The van der Waals surface area contributed by atoms with Crippen LogP contribution in [0.1, 0.15) is 30.9 Å². The van der Waals surface area contributed by atoms with Gasteiger partial charge in [0.1, 0.15) is 0 Å². The zero-order valence-electron chi connectivity index (χ0n) is 15.8. The lowest BCUT2D eigenvalue weighted by Gasteiger charge is -2.32. The third kappa shape index (κ3) is 4.76. The van der Waals surface area contributed by atoms with Gasteiger partial charge in [-0.2, -0.15) is 4.31 Å². The quantitative estimate of drug-likeness (QED) is 0.854. The number of hydrogen-bond acceptors (Lipinski definition) is 3. The number of hydrogen-bond donors (Lipinski definition) is 1. The second kappa shape index (κ2) is 8.23. The van der Waals surface area contributed by atoms with Crippen molar-refractivity contribution in [1.82, 2.24) is 4.31 Å². The highest BCUT2D eigenvalue weighted by molar-refractivity contribution is 7.89. The molecule has 0 spiro atoms. The predicted octanol–water partition coefficient (Wildman–Crippen LogP) is 3.60. The summed E-state index contributed by atoms with van der Waals surface area (Å²) in [5.74, 6) is 0.102. The molecule has 0 radical (unpaired) electrons. The van der Waals surface area contributed by atoms with Crippen LogP contribution in [0, 0.1) is 12.8 Å². The van der Waals surface area contributed by atoms with Crippen molar-refractivity contribution in [3.8, 4) is 0 Å². The highest BCUT2D eigenvalue weighted by Gasteiger charge is 2.30. The molecular weight excluding hydrogens is 360 g/mol. The van der Waals surface area contributed by atoms with Gasteiger partial charge in [0, 0.05) is 25.7 Å². The normalized spacial score (nSPS) is 18.2. The van der Waals surface area contributed by atoms with Crippen molar-refractivity contribution in [3.63, 3.8) is 0 Å². The van der Waals surface area contributed by atoms with Gasteiger partial charge < -0.3 is 5.32 Å². The van der Waals surface area contributed by atoms with Crippen LogP contribution >= 0.6 is 0 Å². The summed E-state index contributed by atoms with van der Waals surface area (Å²) in [5.41, 5.74) is 2.62. The number of amides is 1. The molecule has 3 rings (SSSR count). The Morgan fingerprint density at radius 1 is 1.19 bits per heavy atom. The van der Waals surface area contributed by atoms with Crippen LogP contribution in [0.2, 0.25) is 0 Å². The van der Waals surface area contributed by atoms with E-state index < -0.39 is 10.0 Å².